The first-order valence-corrected chi connectivity index (χ1v) is 5.62. The van der Waals surface area contributed by atoms with Crippen molar-refractivity contribution in [2.75, 3.05) is 13.2 Å². The third-order valence-corrected chi connectivity index (χ3v) is 3.35. The molecule has 1 fully saturated rings. The van der Waals surface area contributed by atoms with Gasteiger partial charge in [-0.3, -0.25) is 0 Å². The highest BCUT2D eigenvalue weighted by molar-refractivity contribution is 5.38. The molecule has 1 aliphatic carbocycles. The highest BCUT2D eigenvalue weighted by atomic mass is 16.3. The summed E-state index contributed by atoms with van der Waals surface area (Å²) in [7, 11) is 0. The number of aliphatic hydroxyl groups is 2. The van der Waals surface area contributed by atoms with Crippen LogP contribution in [0.4, 0.5) is 0 Å². The molecule has 1 aromatic carbocycles. The Morgan fingerprint density at radius 3 is 2.47 bits per heavy atom. The molecule has 0 aromatic heterocycles. The molecule has 0 radical (unpaired) electrons. The Bertz CT molecular complexity index is 329. The zero-order chi connectivity index (χ0) is 10.7. The lowest BCUT2D eigenvalue weighted by molar-refractivity contribution is 0.254. The lowest BCUT2D eigenvalue weighted by Gasteiger charge is -2.16. The van der Waals surface area contributed by atoms with E-state index in [9.17, 15) is 5.11 Å². The summed E-state index contributed by atoms with van der Waals surface area (Å²) in [6, 6.07) is 8.30. The van der Waals surface area contributed by atoms with Crippen LogP contribution in [0.1, 0.15) is 30.4 Å². The summed E-state index contributed by atoms with van der Waals surface area (Å²) < 4.78 is 0. The minimum absolute atomic E-state index is 0.0477. The van der Waals surface area contributed by atoms with Gasteiger partial charge in [0.05, 0.1) is 6.61 Å². The van der Waals surface area contributed by atoms with Crippen LogP contribution >= 0.6 is 0 Å². The lowest BCUT2D eigenvalue weighted by Crippen LogP contribution is -2.14. The topological polar surface area (TPSA) is 40.5 Å². The van der Waals surface area contributed by atoms with Crippen LogP contribution in [0.3, 0.4) is 0 Å². The van der Waals surface area contributed by atoms with Gasteiger partial charge in [-0.05, 0) is 36.8 Å². The molecular formula is C13H18O2. The Morgan fingerprint density at radius 1 is 1.13 bits per heavy atom. The number of aliphatic hydroxyl groups excluding tert-OH is 2. The standard InChI is InChI=1S/C13H18O2/c14-9-3-5-11-4-1-2-6-12(11)13(10-15)7-8-13/h1-2,4,6,14-15H,3,5,7-10H2. The molecule has 2 nitrogen and oxygen atoms in total. The summed E-state index contributed by atoms with van der Waals surface area (Å²) in [6.07, 6.45) is 3.91. The van der Waals surface area contributed by atoms with Crippen molar-refractivity contribution < 1.29 is 10.2 Å². The molecule has 1 aliphatic rings. The van der Waals surface area contributed by atoms with Crippen molar-refractivity contribution >= 4 is 0 Å². The van der Waals surface area contributed by atoms with Crippen LogP contribution in [0, 0.1) is 0 Å². The van der Waals surface area contributed by atoms with Gasteiger partial charge in [0.1, 0.15) is 0 Å². The summed E-state index contributed by atoms with van der Waals surface area (Å²) in [5, 5.41) is 18.3. The smallest absolute Gasteiger partial charge is 0.0528 e. The second-order valence-corrected chi connectivity index (χ2v) is 4.42. The molecule has 1 aromatic rings. The molecule has 15 heavy (non-hydrogen) atoms. The predicted molar refractivity (Wildman–Crippen MR) is 59.8 cm³/mol. The lowest BCUT2D eigenvalue weighted by atomic mass is 9.90. The van der Waals surface area contributed by atoms with Crippen LogP contribution in [0.5, 0.6) is 0 Å². The minimum Gasteiger partial charge on any atom is -0.396 e. The number of rotatable bonds is 5. The van der Waals surface area contributed by atoms with Gasteiger partial charge in [-0.1, -0.05) is 24.3 Å². The quantitative estimate of drug-likeness (QED) is 0.768. The van der Waals surface area contributed by atoms with Crippen molar-refractivity contribution in [3.8, 4) is 0 Å². The molecule has 1 saturated carbocycles. The van der Waals surface area contributed by atoms with Crippen molar-refractivity contribution in [2.45, 2.75) is 31.1 Å². The van der Waals surface area contributed by atoms with Crippen molar-refractivity contribution in [3.63, 3.8) is 0 Å². The van der Waals surface area contributed by atoms with Gasteiger partial charge < -0.3 is 10.2 Å². The van der Waals surface area contributed by atoms with Crippen molar-refractivity contribution in [3.05, 3.63) is 35.4 Å². The van der Waals surface area contributed by atoms with Gasteiger partial charge in [-0.15, -0.1) is 0 Å². The zero-order valence-electron chi connectivity index (χ0n) is 8.95. The number of hydrogen-bond acceptors (Lipinski definition) is 2. The molecule has 0 saturated heterocycles. The molecule has 0 bridgehead atoms. The van der Waals surface area contributed by atoms with E-state index in [-0.39, 0.29) is 18.6 Å². The summed E-state index contributed by atoms with van der Waals surface area (Å²) >= 11 is 0. The summed E-state index contributed by atoms with van der Waals surface area (Å²) in [4.78, 5) is 0. The van der Waals surface area contributed by atoms with Crippen LogP contribution in [0.2, 0.25) is 0 Å². The van der Waals surface area contributed by atoms with Crippen LogP contribution < -0.4 is 0 Å². The highest BCUT2D eigenvalue weighted by Gasteiger charge is 2.44. The third kappa shape index (κ3) is 2.06. The maximum atomic E-state index is 9.41. The molecule has 2 rings (SSSR count). The van der Waals surface area contributed by atoms with Gasteiger partial charge in [-0.25, -0.2) is 0 Å². The SMILES string of the molecule is OCCCc1ccccc1C1(CO)CC1. The van der Waals surface area contributed by atoms with Gasteiger partial charge >= 0.3 is 0 Å². The Labute approximate surface area is 90.6 Å². The van der Waals surface area contributed by atoms with Crippen LogP contribution in [0.25, 0.3) is 0 Å². The van der Waals surface area contributed by atoms with E-state index >= 15 is 0 Å². The first kappa shape index (κ1) is 10.7. The van der Waals surface area contributed by atoms with Crippen molar-refractivity contribution in [1.29, 1.82) is 0 Å². The molecule has 82 valence electrons. The number of benzene rings is 1. The second kappa shape index (κ2) is 4.33. The van der Waals surface area contributed by atoms with E-state index in [0.29, 0.717) is 0 Å². The Morgan fingerprint density at radius 2 is 1.87 bits per heavy atom. The van der Waals surface area contributed by atoms with E-state index in [2.05, 4.69) is 12.1 Å². The van der Waals surface area contributed by atoms with Crippen molar-refractivity contribution in [1.82, 2.24) is 0 Å². The summed E-state index contributed by atoms with van der Waals surface area (Å²) in [5.74, 6) is 0. The minimum atomic E-state index is 0.0477. The Balaban J connectivity index is 2.22. The molecular weight excluding hydrogens is 188 g/mol. The zero-order valence-corrected chi connectivity index (χ0v) is 8.95. The molecule has 2 N–H and O–H groups in total. The fourth-order valence-electron chi connectivity index (χ4n) is 2.19. The maximum absolute atomic E-state index is 9.41. The fourth-order valence-corrected chi connectivity index (χ4v) is 2.19. The van der Waals surface area contributed by atoms with Gasteiger partial charge in [0.2, 0.25) is 0 Å². The van der Waals surface area contributed by atoms with Crippen LogP contribution in [0.15, 0.2) is 24.3 Å². The molecule has 0 atom stereocenters. The first-order valence-electron chi connectivity index (χ1n) is 5.62. The molecule has 0 aliphatic heterocycles. The molecule has 0 spiro atoms. The van der Waals surface area contributed by atoms with Gasteiger partial charge in [0.15, 0.2) is 0 Å². The first-order chi connectivity index (χ1) is 7.32. The van der Waals surface area contributed by atoms with Gasteiger partial charge in [0.25, 0.3) is 0 Å². The average Bonchev–Trinajstić information content (AvgIpc) is 3.08. The highest BCUT2D eigenvalue weighted by Crippen LogP contribution is 2.48. The molecule has 0 unspecified atom stereocenters. The van der Waals surface area contributed by atoms with E-state index in [1.165, 1.54) is 11.1 Å². The van der Waals surface area contributed by atoms with E-state index in [1.807, 2.05) is 12.1 Å². The fraction of sp³-hybridized carbons (Fsp3) is 0.538. The van der Waals surface area contributed by atoms with E-state index < -0.39 is 0 Å². The molecule has 0 heterocycles. The Hall–Kier alpha value is -0.860. The summed E-state index contributed by atoms with van der Waals surface area (Å²) in [6.45, 7) is 0.490. The van der Waals surface area contributed by atoms with Crippen LogP contribution in [-0.4, -0.2) is 23.4 Å². The second-order valence-electron chi connectivity index (χ2n) is 4.42. The third-order valence-electron chi connectivity index (χ3n) is 3.35. The van der Waals surface area contributed by atoms with Gasteiger partial charge in [0, 0.05) is 12.0 Å². The van der Waals surface area contributed by atoms with E-state index in [1.54, 1.807) is 0 Å². The van der Waals surface area contributed by atoms with Crippen LogP contribution in [-0.2, 0) is 11.8 Å². The molecule has 2 heteroatoms. The maximum Gasteiger partial charge on any atom is 0.0528 e. The van der Waals surface area contributed by atoms with E-state index in [4.69, 9.17) is 5.11 Å². The largest absolute Gasteiger partial charge is 0.396 e. The normalized spacial score (nSPS) is 17.7. The van der Waals surface area contributed by atoms with E-state index in [0.717, 1.165) is 25.7 Å². The summed E-state index contributed by atoms with van der Waals surface area (Å²) in [5.41, 5.74) is 2.63. The average molecular weight is 206 g/mol. The van der Waals surface area contributed by atoms with Gasteiger partial charge in [-0.2, -0.15) is 0 Å². The number of hydrogen-bond donors (Lipinski definition) is 2. The predicted octanol–water partition coefficient (Wildman–Crippen LogP) is 1.64. The molecule has 0 amide bonds. The van der Waals surface area contributed by atoms with Crippen molar-refractivity contribution in [2.24, 2.45) is 0 Å². The number of aryl methyl sites for hydroxylation is 1. The monoisotopic (exact) mass is 206 g/mol. The Kier molecular flexibility index (Phi) is 3.08.